The highest BCUT2D eigenvalue weighted by atomic mass is 16.7. The van der Waals surface area contributed by atoms with Gasteiger partial charge in [-0.2, -0.15) is 5.26 Å². The maximum Gasteiger partial charge on any atom is 0.229 e. The number of rotatable bonds is 5. The average molecular weight is 413 g/mol. The van der Waals surface area contributed by atoms with Crippen molar-refractivity contribution in [3.8, 4) is 11.8 Å². The van der Waals surface area contributed by atoms with Crippen LogP contribution in [0.5, 0.6) is 5.75 Å². The van der Waals surface area contributed by atoms with E-state index in [4.69, 9.17) is 14.7 Å². The number of aliphatic hydroxyl groups excluding tert-OH is 4. The molecule has 1 saturated heterocycles. The van der Waals surface area contributed by atoms with Gasteiger partial charge in [0.1, 0.15) is 30.2 Å². The quantitative estimate of drug-likeness (QED) is 0.522. The Hall–Kier alpha value is -2.80. The Kier molecular flexibility index (Phi) is 6.51. The van der Waals surface area contributed by atoms with E-state index >= 15 is 0 Å². The topological polar surface area (TPSA) is 140 Å². The number of nitrogens with zero attached hydrogens (tertiary/aromatic N) is 1. The second-order valence-corrected chi connectivity index (χ2v) is 7.27. The fourth-order valence-corrected chi connectivity index (χ4v) is 3.49. The number of aryl methyl sites for hydroxylation is 2. The highest BCUT2D eigenvalue weighted by Crippen LogP contribution is 2.28. The smallest absolute Gasteiger partial charge is 0.229 e. The molecule has 30 heavy (non-hydrogen) atoms. The van der Waals surface area contributed by atoms with Gasteiger partial charge in [0.05, 0.1) is 18.2 Å². The molecule has 0 radical (unpaired) electrons. The Morgan fingerprint density at radius 2 is 1.67 bits per heavy atom. The van der Waals surface area contributed by atoms with Crippen LogP contribution in [0.15, 0.2) is 36.4 Å². The average Bonchev–Trinajstić information content (AvgIpc) is 2.73. The first kappa shape index (κ1) is 21.9. The second kappa shape index (κ2) is 8.92. The van der Waals surface area contributed by atoms with Crippen LogP contribution >= 0.6 is 0 Å². The van der Waals surface area contributed by atoms with Crippen molar-refractivity contribution >= 4 is 5.78 Å². The summed E-state index contributed by atoms with van der Waals surface area (Å²) in [6.45, 7) is 2.93. The fourth-order valence-electron chi connectivity index (χ4n) is 3.49. The van der Waals surface area contributed by atoms with E-state index in [2.05, 4.69) is 0 Å². The van der Waals surface area contributed by atoms with Gasteiger partial charge in [0, 0.05) is 11.1 Å². The molecule has 0 amide bonds. The molecule has 8 nitrogen and oxygen atoms in total. The number of benzene rings is 2. The SMILES string of the molecule is Cc1cc(O[C@H]2O[C@H](CO)[C@@H](O)[C@H](O)[C@@H]2O)cc(C)c1C(=O)c1ccc(C#N)cc1. The summed E-state index contributed by atoms with van der Waals surface area (Å²) >= 11 is 0. The molecule has 8 heteroatoms. The molecule has 0 bridgehead atoms. The third-order valence-corrected chi connectivity index (χ3v) is 5.11. The van der Waals surface area contributed by atoms with E-state index in [9.17, 15) is 25.2 Å². The molecule has 1 fully saturated rings. The first-order valence-electron chi connectivity index (χ1n) is 9.40. The summed E-state index contributed by atoms with van der Waals surface area (Å²) in [6, 6.07) is 11.6. The highest BCUT2D eigenvalue weighted by Gasteiger charge is 2.44. The molecule has 4 N–H and O–H groups in total. The van der Waals surface area contributed by atoms with Crippen LogP contribution in [0.25, 0.3) is 0 Å². The molecular formula is C22H23NO7. The molecule has 0 aromatic heterocycles. The summed E-state index contributed by atoms with van der Waals surface area (Å²) < 4.78 is 11.0. The zero-order chi connectivity index (χ0) is 22.0. The number of carbonyl (C=O) groups is 1. The van der Waals surface area contributed by atoms with Gasteiger partial charge < -0.3 is 29.9 Å². The number of hydrogen-bond acceptors (Lipinski definition) is 8. The number of ether oxygens (including phenoxy) is 2. The summed E-state index contributed by atoms with van der Waals surface area (Å²) in [5.41, 5.74) is 2.65. The molecule has 2 aromatic rings. The van der Waals surface area contributed by atoms with Crippen LogP contribution in [0.2, 0.25) is 0 Å². The van der Waals surface area contributed by atoms with Gasteiger partial charge in [-0.05, 0) is 61.4 Å². The van der Waals surface area contributed by atoms with E-state index in [1.165, 1.54) is 0 Å². The minimum absolute atomic E-state index is 0.200. The van der Waals surface area contributed by atoms with Gasteiger partial charge in [-0.3, -0.25) is 4.79 Å². The number of ketones is 1. The van der Waals surface area contributed by atoms with Gasteiger partial charge in [0.25, 0.3) is 0 Å². The molecule has 0 aliphatic carbocycles. The summed E-state index contributed by atoms with van der Waals surface area (Å²) in [6.07, 6.45) is -6.92. The van der Waals surface area contributed by atoms with Crippen LogP contribution in [0, 0.1) is 25.2 Å². The molecule has 0 saturated carbocycles. The van der Waals surface area contributed by atoms with Crippen molar-refractivity contribution in [3.05, 3.63) is 64.2 Å². The Morgan fingerprint density at radius 3 is 2.20 bits per heavy atom. The van der Waals surface area contributed by atoms with Crippen LogP contribution < -0.4 is 4.74 Å². The molecular weight excluding hydrogens is 390 g/mol. The zero-order valence-corrected chi connectivity index (χ0v) is 16.5. The molecule has 0 spiro atoms. The first-order valence-corrected chi connectivity index (χ1v) is 9.40. The summed E-state index contributed by atoms with van der Waals surface area (Å²) in [7, 11) is 0. The maximum atomic E-state index is 12.9. The lowest BCUT2D eigenvalue weighted by Gasteiger charge is -2.39. The Morgan fingerprint density at radius 1 is 1.07 bits per heavy atom. The van der Waals surface area contributed by atoms with Crippen LogP contribution in [-0.2, 0) is 4.74 Å². The number of nitriles is 1. The standard InChI is InChI=1S/C22H23NO7/c1-11-7-15(29-22-21(28)20(27)19(26)16(10-24)30-22)8-12(2)17(11)18(25)14-5-3-13(9-23)4-6-14/h3-8,16,19-22,24,26-28H,10H2,1-2H3/t16-,19-,20+,21+,22+/m1/s1. The molecule has 0 unspecified atom stereocenters. The Bertz CT molecular complexity index is 941. The van der Waals surface area contributed by atoms with Gasteiger partial charge in [-0.25, -0.2) is 0 Å². The largest absolute Gasteiger partial charge is 0.462 e. The van der Waals surface area contributed by atoms with Crippen molar-refractivity contribution in [2.45, 2.75) is 44.6 Å². The van der Waals surface area contributed by atoms with E-state index in [0.29, 0.717) is 33.6 Å². The maximum absolute atomic E-state index is 12.9. The molecule has 2 aromatic carbocycles. The number of aliphatic hydroxyl groups is 4. The zero-order valence-electron chi connectivity index (χ0n) is 16.5. The normalized spacial score (nSPS) is 26.1. The van der Waals surface area contributed by atoms with Gasteiger partial charge in [-0.1, -0.05) is 0 Å². The number of carbonyl (C=O) groups excluding carboxylic acids is 1. The third kappa shape index (κ3) is 4.21. The molecule has 158 valence electrons. The number of hydrogen-bond donors (Lipinski definition) is 4. The van der Waals surface area contributed by atoms with Gasteiger partial charge in [0.15, 0.2) is 5.78 Å². The lowest BCUT2D eigenvalue weighted by atomic mass is 9.94. The van der Waals surface area contributed by atoms with E-state index < -0.39 is 37.3 Å². The van der Waals surface area contributed by atoms with E-state index in [1.807, 2.05) is 6.07 Å². The lowest BCUT2D eigenvalue weighted by Crippen LogP contribution is -2.60. The van der Waals surface area contributed by atoms with Crippen LogP contribution in [0.3, 0.4) is 0 Å². The summed E-state index contributed by atoms with van der Waals surface area (Å²) in [4.78, 5) is 12.9. The molecule has 1 aliphatic rings. The predicted octanol–water partition coefficient (Wildman–Crippen LogP) is 0.585. The van der Waals surface area contributed by atoms with Gasteiger partial charge in [0.2, 0.25) is 6.29 Å². The Balaban J connectivity index is 1.84. The highest BCUT2D eigenvalue weighted by molar-refractivity contribution is 6.10. The Labute approximate surface area is 173 Å². The molecule has 3 rings (SSSR count). The van der Waals surface area contributed by atoms with Crippen LogP contribution in [-0.4, -0.2) is 63.5 Å². The van der Waals surface area contributed by atoms with Crippen LogP contribution in [0.4, 0.5) is 0 Å². The van der Waals surface area contributed by atoms with Crippen molar-refractivity contribution in [1.82, 2.24) is 0 Å². The van der Waals surface area contributed by atoms with Crippen LogP contribution in [0.1, 0.15) is 32.6 Å². The molecule has 1 aliphatic heterocycles. The fraction of sp³-hybridized carbons (Fsp3) is 0.364. The van der Waals surface area contributed by atoms with E-state index in [-0.39, 0.29) is 5.78 Å². The van der Waals surface area contributed by atoms with Crippen molar-refractivity contribution in [3.63, 3.8) is 0 Å². The minimum atomic E-state index is -1.54. The predicted molar refractivity (Wildman–Crippen MR) is 105 cm³/mol. The monoisotopic (exact) mass is 413 g/mol. The van der Waals surface area contributed by atoms with Crippen molar-refractivity contribution < 1.29 is 34.7 Å². The minimum Gasteiger partial charge on any atom is -0.462 e. The third-order valence-electron chi connectivity index (χ3n) is 5.11. The first-order chi connectivity index (χ1) is 14.3. The van der Waals surface area contributed by atoms with Crippen molar-refractivity contribution in [1.29, 1.82) is 5.26 Å². The van der Waals surface area contributed by atoms with Crippen molar-refractivity contribution in [2.24, 2.45) is 0 Å². The van der Waals surface area contributed by atoms with Crippen molar-refractivity contribution in [2.75, 3.05) is 6.61 Å². The summed E-state index contributed by atoms with van der Waals surface area (Å²) in [5, 5.41) is 48.1. The van der Waals surface area contributed by atoms with E-state index in [1.54, 1.807) is 50.2 Å². The van der Waals surface area contributed by atoms with E-state index in [0.717, 1.165) is 0 Å². The second-order valence-electron chi connectivity index (χ2n) is 7.27. The summed E-state index contributed by atoms with van der Waals surface area (Å²) in [5.74, 6) is 0.0968. The molecule has 5 atom stereocenters. The van der Waals surface area contributed by atoms with Gasteiger partial charge >= 0.3 is 0 Å². The molecule has 1 heterocycles. The lowest BCUT2D eigenvalue weighted by molar-refractivity contribution is -0.277. The van der Waals surface area contributed by atoms with Gasteiger partial charge in [-0.15, -0.1) is 0 Å².